The monoisotopic (exact) mass is 521 g/mol. The van der Waals surface area contributed by atoms with E-state index in [1.54, 1.807) is 36.5 Å². The normalized spacial score (nSPS) is 19.3. The average molecular weight is 522 g/mol. The zero-order valence-corrected chi connectivity index (χ0v) is 22.1. The highest BCUT2D eigenvalue weighted by molar-refractivity contribution is 7.90. The third-order valence-electron chi connectivity index (χ3n) is 7.37. The molecule has 0 radical (unpaired) electrons. The van der Waals surface area contributed by atoms with Gasteiger partial charge in [0.05, 0.1) is 41.0 Å². The third kappa shape index (κ3) is 4.46. The van der Waals surface area contributed by atoms with Gasteiger partial charge in [0.2, 0.25) is 11.8 Å². The van der Waals surface area contributed by atoms with Crippen molar-refractivity contribution in [3.05, 3.63) is 54.0 Å². The Kier molecular flexibility index (Phi) is 5.91. The molecule has 194 valence electrons. The minimum absolute atomic E-state index is 0.189. The summed E-state index contributed by atoms with van der Waals surface area (Å²) in [6, 6.07) is 8.42. The average Bonchev–Trinajstić information content (AvgIpc) is 3.19. The first kappa shape index (κ1) is 23.9. The predicted octanol–water partition coefficient (Wildman–Crippen LogP) is 3.58. The van der Waals surface area contributed by atoms with Gasteiger partial charge in [0.1, 0.15) is 0 Å². The highest BCUT2D eigenvalue weighted by Crippen LogP contribution is 2.44. The van der Waals surface area contributed by atoms with Gasteiger partial charge < -0.3 is 15.0 Å². The molecular formula is C26H31N7O3S. The van der Waals surface area contributed by atoms with Gasteiger partial charge >= 0.3 is 0 Å². The fourth-order valence-corrected chi connectivity index (χ4v) is 6.41. The number of hydrogen-bond acceptors (Lipinski definition) is 8. The van der Waals surface area contributed by atoms with Crippen LogP contribution in [0.4, 0.5) is 11.6 Å². The first-order chi connectivity index (χ1) is 17.8. The van der Waals surface area contributed by atoms with Crippen molar-refractivity contribution < 1.29 is 13.2 Å². The number of nitrogens with one attached hydrogen (secondary N) is 1. The predicted molar refractivity (Wildman–Crippen MR) is 141 cm³/mol. The lowest BCUT2D eigenvalue weighted by Gasteiger charge is -2.17. The van der Waals surface area contributed by atoms with E-state index in [1.807, 2.05) is 25.5 Å². The van der Waals surface area contributed by atoms with Gasteiger partial charge in [-0.05, 0) is 57.2 Å². The zero-order chi connectivity index (χ0) is 25.7. The van der Waals surface area contributed by atoms with Crippen molar-refractivity contribution in [3.63, 3.8) is 0 Å². The molecule has 10 nitrogen and oxygen atoms in total. The Bertz CT molecular complexity index is 1550. The first-order valence-electron chi connectivity index (χ1n) is 12.7. The van der Waals surface area contributed by atoms with Gasteiger partial charge in [-0.25, -0.2) is 12.4 Å². The van der Waals surface area contributed by atoms with Crippen LogP contribution in [-0.2, 0) is 16.6 Å². The smallest absolute Gasteiger partial charge is 0.269 e. The van der Waals surface area contributed by atoms with Gasteiger partial charge in [0, 0.05) is 25.8 Å². The van der Waals surface area contributed by atoms with Crippen molar-refractivity contribution in [1.29, 1.82) is 0 Å². The van der Waals surface area contributed by atoms with Crippen LogP contribution in [0.5, 0.6) is 5.88 Å². The van der Waals surface area contributed by atoms with Crippen LogP contribution < -0.4 is 10.1 Å². The van der Waals surface area contributed by atoms with Crippen LogP contribution in [-0.4, -0.2) is 63.3 Å². The van der Waals surface area contributed by atoms with Gasteiger partial charge in [-0.2, -0.15) is 15.1 Å². The number of rotatable bonds is 9. The number of benzene rings is 1. The minimum atomic E-state index is -3.86. The molecule has 1 N–H and O–H groups in total. The summed E-state index contributed by atoms with van der Waals surface area (Å²) >= 11 is 0. The molecule has 2 fully saturated rings. The van der Waals surface area contributed by atoms with E-state index in [1.165, 1.54) is 29.7 Å². The molecule has 37 heavy (non-hydrogen) atoms. The molecule has 1 aromatic carbocycles. The molecule has 6 rings (SSSR count). The first-order valence-corrected chi connectivity index (χ1v) is 14.1. The van der Waals surface area contributed by atoms with Crippen molar-refractivity contribution in [1.82, 2.24) is 28.6 Å². The van der Waals surface area contributed by atoms with E-state index in [2.05, 4.69) is 25.3 Å². The minimum Gasteiger partial charge on any atom is -0.477 e. The van der Waals surface area contributed by atoms with Crippen molar-refractivity contribution in [2.45, 2.75) is 38.6 Å². The number of fused-ring (bicyclic) bond motifs is 2. The number of hydrogen-bond donors (Lipinski definition) is 1. The molecule has 1 aliphatic heterocycles. The Balaban J connectivity index is 1.29. The molecule has 4 aromatic rings. The van der Waals surface area contributed by atoms with E-state index >= 15 is 0 Å². The van der Waals surface area contributed by atoms with Crippen molar-refractivity contribution in [2.75, 3.05) is 31.6 Å². The van der Waals surface area contributed by atoms with Gasteiger partial charge in [-0.1, -0.05) is 17.7 Å². The van der Waals surface area contributed by atoms with E-state index in [0.29, 0.717) is 17.9 Å². The fourth-order valence-electron chi connectivity index (χ4n) is 5.11. The zero-order valence-electron chi connectivity index (χ0n) is 21.3. The van der Waals surface area contributed by atoms with Crippen LogP contribution in [0.2, 0.25) is 0 Å². The summed E-state index contributed by atoms with van der Waals surface area (Å²) in [6.07, 6.45) is 4.65. The maximum absolute atomic E-state index is 13.4. The third-order valence-corrected chi connectivity index (χ3v) is 9.05. The Morgan fingerprint density at radius 3 is 2.54 bits per heavy atom. The summed E-state index contributed by atoms with van der Waals surface area (Å²) in [6.45, 7) is 10.4. The number of nitrogens with zero attached hydrogens (tertiary/aromatic N) is 6. The van der Waals surface area contributed by atoms with Gasteiger partial charge in [-0.3, -0.25) is 4.68 Å². The molecule has 2 aliphatic rings. The molecule has 2 atom stereocenters. The van der Waals surface area contributed by atoms with E-state index in [4.69, 9.17) is 4.74 Å². The molecule has 1 aliphatic carbocycles. The van der Waals surface area contributed by atoms with Crippen LogP contribution in [0, 0.1) is 25.7 Å². The number of likely N-dealkylation sites (tertiary alicyclic amines) is 1. The Morgan fingerprint density at radius 2 is 1.81 bits per heavy atom. The Hall–Kier alpha value is -3.44. The molecular weight excluding hydrogens is 490 g/mol. The summed E-state index contributed by atoms with van der Waals surface area (Å²) in [5.41, 5.74) is 2.97. The Morgan fingerprint density at radius 1 is 1.05 bits per heavy atom. The summed E-state index contributed by atoms with van der Waals surface area (Å²) in [7, 11) is -3.86. The highest BCUT2D eigenvalue weighted by Gasteiger charge is 2.44. The van der Waals surface area contributed by atoms with Crippen LogP contribution in [0.25, 0.3) is 11.0 Å². The van der Waals surface area contributed by atoms with Gasteiger partial charge in [0.25, 0.3) is 10.0 Å². The lowest BCUT2D eigenvalue weighted by molar-refractivity contribution is 0.285. The van der Waals surface area contributed by atoms with Gasteiger partial charge in [0.15, 0.2) is 5.65 Å². The lowest BCUT2D eigenvalue weighted by Crippen LogP contribution is -2.27. The molecule has 1 saturated heterocycles. The molecule has 11 heteroatoms. The van der Waals surface area contributed by atoms with Crippen LogP contribution >= 0.6 is 0 Å². The summed E-state index contributed by atoms with van der Waals surface area (Å²) in [5, 5.41) is 8.32. The molecule has 2 unspecified atom stereocenters. The standard InChI is InChI=1S/C26H31N7O3S/c1-4-36-25-22-9-10-33(37(34,35)21-7-5-17(2)6-8-21)24(22)29-26(30-25)28-23-14-27-32(18(23)3)12-11-31-15-19-13-20(19)16-31/h5-10,14,19-20H,4,11-13,15-16H2,1-3H3,(H,28,29,30). The largest absolute Gasteiger partial charge is 0.477 e. The summed E-state index contributed by atoms with van der Waals surface area (Å²) < 4.78 is 35.8. The second kappa shape index (κ2) is 9.14. The lowest BCUT2D eigenvalue weighted by atomic mass is 10.2. The number of aryl methyl sites for hydroxylation is 1. The SMILES string of the molecule is CCOc1nc(Nc2cnn(CCN3CC4CC4C3)c2C)nc2c1ccn2S(=O)(=O)c1ccc(C)cc1. The maximum atomic E-state index is 13.4. The van der Waals surface area contributed by atoms with Gasteiger partial charge in [-0.15, -0.1) is 0 Å². The van der Waals surface area contributed by atoms with E-state index in [9.17, 15) is 8.42 Å². The molecule has 4 heterocycles. The summed E-state index contributed by atoms with van der Waals surface area (Å²) in [5.74, 6) is 2.40. The maximum Gasteiger partial charge on any atom is 0.269 e. The molecule has 0 spiro atoms. The van der Waals surface area contributed by atoms with Crippen LogP contribution in [0.15, 0.2) is 47.6 Å². The van der Waals surface area contributed by atoms with Crippen LogP contribution in [0.1, 0.15) is 24.6 Å². The van der Waals surface area contributed by atoms with E-state index < -0.39 is 10.0 Å². The molecule has 0 amide bonds. The molecule has 0 bridgehead atoms. The van der Waals surface area contributed by atoms with E-state index in [-0.39, 0.29) is 16.5 Å². The second-order valence-electron chi connectivity index (χ2n) is 9.96. The second-order valence-corrected chi connectivity index (χ2v) is 11.8. The molecule has 1 saturated carbocycles. The highest BCUT2D eigenvalue weighted by atomic mass is 32.2. The number of ether oxygens (including phenoxy) is 1. The van der Waals surface area contributed by atoms with Crippen molar-refractivity contribution in [3.8, 4) is 5.88 Å². The molecule has 3 aromatic heterocycles. The summed E-state index contributed by atoms with van der Waals surface area (Å²) in [4.78, 5) is 11.8. The number of anilines is 2. The number of piperidine rings is 1. The van der Waals surface area contributed by atoms with E-state index in [0.717, 1.165) is 41.9 Å². The fraction of sp³-hybridized carbons (Fsp3) is 0.423. The van der Waals surface area contributed by atoms with Crippen molar-refractivity contribution in [2.24, 2.45) is 11.8 Å². The Labute approximate surface area is 216 Å². The van der Waals surface area contributed by atoms with Crippen molar-refractivity contribution >= 4 is 32.7 Å². The number of aromatic nitrogens is 5. The quantitative estimate of drug-likeness (QED) is 0.356. The van der Waals surface area contributed by atoms with Crippen LogP contribution in [0.3, 0.4) is 0 Å². The topological polar surface area (TPSA) is 107 Å².